The monoisotopic (exact) mass is 487 g/mol. The van der Waals surface area contributed by atoms with Crippen LogP contribution in [0.25, 0.3) is 11.1 Å². The van der Waals surface area contributed by atoms with Gasteiger partial charge in [0.25, 0.3) is 5.91 Å². The van der Waals surface area contributed by atoms with Gasteiger partial charge in [-0.15, -0.1) is 6.42 Å². The molecule has 0 saturated carbocycles. The number of hydrogen-bond donors (Lipinski definition) is 2. The number of hydrogen-bond acceptors (Lipinski definition) is 4. The molecule has 1 aliphatic rings. The van der Waals surface area contributed by atoms with Crippen LogP contribution >= 0.6 is 0 Å². The number of carbonyl (C=O) groups excluding carboxylic acids is 1. The van der Waals surface area contributed by atoms with E-state index < -0.39 is 10.0 Å². The highest BCUT2D eigenvalue weighted by Crippen LogP contribution is 2.25. The summed E-state index contributed by atoms with van der Waals surface area (Å²) in [6.45, 7) is 3.59. The normalized spacial score (nSPS) is 13.9. The van der Waals surface area contributed by atoms with Gasteiger partial charge in [-0.25, -0.2) is 8.42 Å². The number of benzene rings is 3. The largest absolute Gasteiger partial charge is 0.348 e. The van der Waals surface area contributed by atoms with E-state index in [1.165, 1.54) is 55.8 Å². The van der Waals surface area contributed by atoms with Gasteiger partial charge in [-0.05, 0) is 72.5 Å². The van der Waals surface area contributed by atoms with Crippen molar-refractivity contribution in [1.82, 2.24) is 14.9 Å². The highest BCUT2D eigenvalue weighted by atomic mass is 32.2. The van der Waals surface area contributed by atoms with Crippen LogP contribution in [0.1, 0.15) is 34.3 Å². The van der Waals surface area contributed by atoms with Gasteiger partial charge in [-0.1, -0.05) is 54.5 Å². The molecule has 1 heterocycles. The van der Waals surface area contributed by atoms with Crippen LogP contribution in [0, 0.1) is 12.3 Å². The molecule has 7 heteroatoms. The first kappa shape index (κ1) is 24.7. The summed E-state index contributed by atoms with van der Waals surface area (Å²) in [4.78, 5) is 15.2. The van der Waals surface area contributed by atoms with Gasteiger partial charge in [0.1, 0.15) is 0 Å². The number of carbonyl (C=O) groups is 1. The third kappa shape index (κ3) is 6.37. The molecule has 1 aliphatic heterocycles. The van der Waals surface area contributed by atoms with Crippen molar-refractivity contribution in [2.45, 2.75) is 30.8 Å². The Kier molecular flexibility index (Phi) is 7.98. The standard InChI is InChI=1S/C28H29N3O3S/c1-2-17-30-35(33,34)26-15-13-24(14-16-26)28(32)29-20-25-7-3-4-8-27(25)23-11-9-22(10-12-23)21-31-18-5-6-19-31/h1,3-4,7-16,30H,5-6,17-21H2,(H,29,32). The molecule has 180 valence electrons. The minimum absolute atomic E-state index is 0.0582. The number of amides is 1. The quantitative estimate of drug-likeness (QED) is 0.450. The van der Waals surface area contributed by atoms with Crippen molar-refractivity contribution in [2.24, 2.45) is 0 Å². The van der Waals surface area contributed by atoms with Gasteiger partial charge in [0, 0.05) is 18.7 Å². The Morgan fingerprint density at radius 3 is 2.31 bits per heavy atom. The van der Waals surface area contributed by atoms with E-state index in [9.17, 15) is 13.2 Å². The fraction of sp³-hybridized carbons (Fsp3) is 0.250. The van der Waals surface area contributed by atoms with E-state index in [1.54, 1.807) is 0 Å². The molecule has 3 aromatic carbocycles. The van der Waals surface area contributed by atoms with E-state index in [0.717, 1.165) is 23.2 Å². The van der Waals surface area contributed by atoms with Crippen LogP contribution in [0.15, 0.2) is 77.7 Å². The summed E-state index contributed by atoms with van der Waals surface area (Å²) in [6, 6.07) is 22.4. The number of terminal acetylenes is 1. The molecular weight excluding hydrogens is 458 g/mol. The lowest BCUT2D eigenvalue weighted by Crippen LogP contribution is -2.25. The van der Waals surface area contributed by atoms with Gasteiger partial charge in [-0.3, -0.25) is 9.69 Å². The molecule has 0 atom stereocenters. The maximum atomic E-state index is 12.7. The summed E-state index contributed by atoms with van der Waals surface area (Å²) in [6.07, 6.45) is 7.68. The van der Waals surface area contributed by atoms with Crippen molar-refractivity contribution in [3.8, 4) is 23.5 Å². The second kappa shape index (κ2) is 11.3. The van der Waals surface area contributed by atoms with E-state index in [-0.39, 0.29) is 17.3 Å². The predicted octanol–water partition coefficient (Wildman–Crippen LogP) is 3.79. The Hall–Kier alpha value is -3.44. The van der Waals surface area contributed by atoms with E-state index >= 15 is 0 Å². The molecule has 1 amide bonds. The number of likely N-dealkylation sites (tertiary alicyclic amines) is 1. The Labute approximate surface area is 207 Å². The average Bonchev–Trinajstić information content (AvgIpc) is 3.40. The van der Waals surface area contributed by atoms with Gasteiger partial charge in [0.05, 0.1) is 11.4 Å². The summed E-state index contributed by atoms with van der Waals surface area (Å²) >= 11 is 0. The first-order valence-corrected chi connectivity index (χ1v) is 13.2. The third-order valence-corrected chi connectivity index (χ3v) is 7.53. The molecule has 0 radical (unpaired) electrons. The molecule has 0 aliphatic carbocycles. The van der Waals surface area contributed by atoms with Crippen molar-refractivity contribution < 1.29 is 13.2 Å². The number of sulfonamides is 1. The topological polar surface area (TPSA) is 78.5 Å². The van der Waals surface area contributed by atoms with Crippen LogP contribution in [0.4, 0.5) is 0 Å². The fourth-order valence-corrected chi connectivity index (χ4v) is 5.16. The highest BCUT2D eigenvalue weighted by molar-refractivity contribution is 7.89. The highest BCUT2D eigenvalue weighted by Gasteiger charge is 2.15. The van der Waals surface area contributed by atoms with Crippen LogP contribution in [0.3, 0.4) is 0 Å². The number of nitrogens with one attached hydrogen (secondary N) is 2. The van der Waals surface area contributed by atoms with Crippen molar-refractivity contribution in [3.63, 3.8) is 0 Å². The zero-order valence-corrected chi connectivity index (χ0v) is 20.4. The van der Waals surface area contributed by atoms with Crippen LogP contribution in [-0.2, 0) is 23.1 Å². The number of nitrogens with zero attached hydrogens (tertiary/aromatic N) is 1. The lowest BCUT2D eigenvalue weighted by atomic mass is 9.98. The molecule has 1 saturated heterocycles. The molecular formula is C28H29N3O3S. The third-order valence-electron chi connectivity index (χ3n) is 6.12. The Morgan fingerprint density at radius 2 is 1.63 bits per heavy atom. The maximum absolute atomic E-state index is 12.7. The first-order chi connectivity index (χ1) is 17.0. The van der Waals surface area contributed by atoms with Crippen molar-refractivity contribution in [3.05, 3.63) is 89.5 Å². The maximum Gasteiger partial charge on any atom is 0.251 e. The molecule has 3 aromatic rings. The van der Waals surface area contributed by atoms with Crippen LogP contribution < -0.4 is 10.0 Å². The van der Waals surface area contributed by atoms with E-state index in [1.807, 2.05) is 18.2 Å². The summed E-state index contributed by atoms with van der Waals surface area (Å²) in [5.74, 6) is 1.96. The number of rotatable bonds is 9. The Morgan fingerprint density at radius 1 is 0.943 bits per heavy atom. The SMILES string of the molecule is C#CCNS(=O)(=O)c1ccc(C(=O)NCc2ccccc2-c2ccc(CN3CCCC3)cc2)cc1. The average molecular weight is 488 g/mol. The second-order valence-electron chi connectivity index (χ2n) is 8.57. The second-order valence-corrected chi connectivity index (χ2v) is 10.3. The minimum atomic E-state index is -3.69. The smallest absolute Gasteiger partial charge is 0.251 e. The van der Waals surface area contributed by atoms with E-state index in [2.05, 4.69) is 51.2 Å². The summed E-state index contributed by atoms with van der Waals surface area (Å²) in [5.41, 5.74) is 4.87. The van der Waals surface area contributed by atoms with Crippen LogP contribution in [-0.4, -0.2) is 38.9 Å². The minimum Gasteiger partial charge on any atom is -0.348 e. The molecule has 0 bridgehead atoms. The van der Waals surface area contributed by atoms with Gasteiger partial charge in [-0.2, -0.15) is 4.72 Å². The van der Waals surface area contributed by atoms with Gasteiger partial charge < -0.3 is 5.32 Å². The molecule has 6 nitrogen and oxygen atoms in total. The molecule has 0 spiro atoms. The zero-order chi connectivity index (χ0) is 24.7. The zero-order valence-electron chi connectivity index (χ0n) is 19.5. The first-order valence-electron chi connectivity index (χ1n) is 11.7. The molecule has 0 unspecified atom stereocenters. The van der Waals surface area contributed by atoms with Crippen LogP contribution in [0.5, 0.6) is 0 Å². The predicted molar refractivity (Wildman–Crippen MR) is 138 cm³/mol. The van der Waals surface area contributed by atoms with Crippen molar-refractivity contribution in [2.75, 3.05) is 19.6 Å². The van der Waals surface area contributed by atoms with Crippen molar-refractivity contribution >= 4 is 15.9 Å². The lowest BCUT2D eigenvalue weighted by Gasteiger charge is -2.15. The summed E-state index contributed by atoms with van der Waals surface area (Å²) in [5, 5.41) is 2.94. The fourth-order valence-electron chi connectivity index (χ4n) is 4.23. The summed E-state index contributed by atoms with van der Waals surface area (Å²) in [7, 11) is -3.69. The molecule has 2 N–H and O–H groups in total. The van der Waals surface area contributed by atoms with Crippen LogP contribution in [0.2, 0.25) is 0 Å². The van der Waals surface area contributed by atoms with E-state index in [0.29, 0.717) is 12.1 Å². The van der Waals surface area contributed by atoms with Gasteiger partial charge >= 0.3 is 0 Å². The molecule has 35 heavy (non-hydrogen) atoms. The molecule has 0 aromatic heterocycles. The molecule has 1 fully saturated rings. The van der Waals surface area contributed by atoms with Crippen molar-refractivity contribution in [1.29, 1.82) is 0 Å². The molecule has 4 rings (SSSR count). The Bertz CT molecular complexity index is 1300. The summed E-state index contributed by atoms with van der Waals surface area (Å²) < 4.78 is 26.6. The Balaban J connectivity index is 1.41. The van der Waals surface area contributed by atoms with Gasteiger partial charge in [0.15, 0.2) is 0 Å². The van der Waals surface area contributed by atoms with Gasteiger partial charge in [0.2, 0.25) is 10.0 Å². The van der Waals surface area contributed by atoms with E-state index in [4.69, 9.17) is 6.42 Å². The lowest BCUT2D eigenvalue weighted by molar-refractivity contribution is 0.0951.